The van der Waals surface area contributed by atoms with E-state index in [2.05, 4.69) is 4.98 Å². The van der Waals surface area contributed by atoms with Crippen LogP contribution in [0.15, 0.2) is 0 Å². The van der Waals surface area contributed by atoms with E-state index in [1.807, 2.05) is 0 Å². The Kier molecular flexibility index (Phi) is 7.12. The number of hydrogen-bond donors (Lipinski definition) is 3. The van der Waals surface area contributed by atoms with Crippen molar-refractivity contribution in [2.45, 2.75) is 46.3 Å². The number of hydrogen-bond acceptors (Lipinski definition) is 6. The van der Waals surface area contributed by atoms with Crippen LogP contribution >= 0.6 is 11.8 Å². The molecule has 0 bridgehead atoms. The Bertz CT molecular complexity index is 540. The van der Waals surface area contributed by atoms with Crippen molar-refractivity contribution >= 4 is 22.8 Å². The number of carbonyl (C=O) groups is 2. The van der Waals surface area contributed by atoms with Crippen LogP contribution in [0.4, 0.5) is 0 Å². The second-order valence-corrected chi connectivity index (χ2v) is 6.30. The lowest BCUT2D eigenvalue weighted by molar-refractivity contribution is -0.109. The second-order valence-electron chi connectivity index (χ2n) is 5.03. The molecule has 3 N–H and O–H groups in total. The quantitative estimate of drug-likeness (QED) is 0.661. The molecule has 0 aliphatic carbocycles. The number of ether oxygens (including phenoxy) is 1. The molecule has 2 unspecified atom stereocenters. The SMILES string of the molecule is CCOC(=O)c1[nH]c(C)c(C(O)C(O)CCSC(C)=O)c1C. The van der Waals surface area contributed by atoms with Gasteiger partial charge in [0.15, 0.2) is 5.12 Å². The number of rotatable bonds is 7. The van der Waals surface area contributed by atoms with Gasteiger partial charge >= 0.3 is 5.97 Å². The average molecular weight is 329 g/mol. The van der Waals surface area contributed by atoms with Crippen molar-refractivity contribution in [3.63, 3.8) is 0 Å². The molecule has 0 amide bonds. The highest BCUT2D eigenvalue weighted by Gasteiger charge is 2.27. The number of esters is 1. The van der Waals surface area contributed by atoms with E-state index in [4.69, 9.17) is 4.74 Å². The van der Waals surface area contributed by atoms with Gasteiger partial charge in [0.2, 0.25) is 0 Å². The van der Waals surface area contributed by atoms with Gasteiger partial charge in [0.1, 0.15) is 11.8 Å². The maximum Gasteiger partial charge on any atom is 0.355 e. The van der Waals surface area contributed by atoms with Crippen LogP contribution in [0.5, 0.6) is 0 Å². The maximum atomic E-state index is 11.8. The zero-order chi connectivity index (χ0) is 16.9. The van der Waals surface area contributed by atoms with Gasteiger partial charge in [0.25, 0.3) is 0 Å². The molecular weight excluding hydrogens is 306 g/mol. The Balaban J connectivity index is 2.86. The minimum absolute atomic E-state index is 0.0275. The van der Waals surface area contributed by atoms with Crippen molar-refractivity contribution < 1.29 is 24.5 Å². The summed E-state index contributed by atoms with van der Waals surface area (Å²) in [6.07, 6.45) is -1.84. The van der Waals surface area contributed by atoms with Crippen molar-refractivity contribution in [1.29, 1.82) is 0 Å². The van der Waals surface area contributed by atoms with E-state index in [0.29, 0.717) is 28.3 Å². The first kappa shape index (κ1) is 18.7. The van der Waals surface area contributed by atoms with Gasteiger partial charge in [-0.3, -0.25) is 4.79 Å². The number of carbonyl (C=O) groups excluding carboxylic acids is 2. The summed E-state index contributed by atoms with van der Waals surface area (Å²) >= 11 is 1.11. The summed E-state index contributed by atoms with van der Waals surface area (Å²) in [6, 6.07) is 0. The highest BCUT2D eigenvalue weighted by molar-refractivity contribution is 8.13. The van der Waals surface area contributed by atoms with Gasteiger partial charge in [-0.05, 0) is 32.8 Å². The molecule has 0 spiro atoms. The minimum atomic E-state index is -1.12. The lowest BCUT2D eigenvalue weighted by Gasteiger charge is -2.18. The predicted octanol–water partition coefficient (Wildman–Crippen LogP) is 1.87. The molecule has 1 aromatic rings. The van der Waals surface area contributed by atoms with Crippen LogP contribution in [0, 0.1) is 13.8 Å². The first-order valence-corrected chi connectivity index (χ1v) is 8.13. The summed E-state index contributed by atoms with van der Waals surface area (Å²) in [5.41, 5.74) is 1.98. The molecule has 1 rings (SSSR count). The van der Waals surface area contributed by atoms with E-state index in [1.54, 1.807) is 20.8 Å². The third-order valence-corrected chi connectivity index (χ3v) is 4.20. The number of aliphatic hydroxyl groups excluding tert-OH is 2. The van der Waals surface area contributed by atoms with Crippen LogP contribution in [0.1, 0.15) is 53.7 Å². The van der Waals surface area contributed by atoms with Gasteiger partial charge in [-0.15, -0.1) is 0 Å². The van der Waals surface area contributed by atoms with Crippen molar-refractivity contribution in [3.05, 3.63) is 22.5 Å². The van der Waals surface area contributed by atoms with E-state index in [-0.39, 0.29) is 18.1 Å². The van der Waals surface area contributed by atoms with Crippen LogP contribution < -0.4 is 0 Å². The smallest absolute Gasteiger partial charge is 0.355 e. The summed E-state index contributed by atoms with van der Waals surface area (Å²) < 4.78 is 4.95. The first-order chi connectivity index (χ1) is 10.3. The fourth-order valence-electron chi connectivity index (χ4n) is 2.29. The van der Waals surface area contributed by atoms with Crippen LogP contribution in [0.25, 0.3) is 0 Å². The lowest BCUT2D eigenvalue weighted by Crippen LogP contribution is -2.20. The highest BCUT2D eigenvalue weighted by atomic mass is 32.2. The molecule has 7 heteroatoms. The third kappa shape index (κ3) is 4.59. The maximum absolute atomic E-state index is 11.8. The molecule has 1 aromatic heterocycles. The predicted molar refractivity (Wildman–Crippen MR) is 84.9 cm³/mol. The van der Waals surface area contributed by atoms with Gasteiger partial charge in [-0.2, -0.15) is 0 Å². The third-order valence-electron chi connectivity index (χ3n) is 3.35. The van der Waals surface area contributed by atoms with Gasteiger partial charge in [-0.1, -0.05) is 11.8 Å². The monoisotopic (exact) mass is 329 g/mol. The normalized spacial score (nSPS) is 13.7. The molecule has 1 heterocycles. The van der Waals surface area contributed by atoms with E-state index < -0.39 is 18.2 Å². The fourth-order valence-corrected chi connectivity index (χ4v) is 2.94. The summed E-state index contributed by atoms with van der Waals surface area (Å²) in [5, 5.41) is 20.4. The number of aliphatic hydroxyl groups is 2. The molecule has 0 aromatic carbocycles. The molecule has 6 nitrogen and oxygen atoms in total. The number of aryl methyl sites for hydroxylation is 1. The summed E-state index contributed by atoms with van der Waals surface area (Å²) in [4.78, 5) is 25.6. The standard InChI is InChI=1S/C15H23NO5S/c1-5-21-15(20)13-8(2)12(9(3)16-13)14(19)11(18)6-7-22-10(4)17/h11,14,16,18-19H,5-7H2,1-4H3. The average Bonchev–Trinajstić information content (AvgIpc) is 2.73. The Morgan fingerprint density at radius 3 is 2.50 bits per heavy atom. The molecule has 0 saturated carbocycles. The van der Waals surface area contributed by atoms with Crippen LogP contribution in [0.2, 0.25) is 0 Å². The number of aromatic amines is 1. The first-order valence-electron chi connectivity index (χ1n) is 7.15. The summed E-state index contributed by atoms with van der Waals surface area (Å²) in [6.45, 7) is 6.87. The van der Waals surface area contributed by atoms with Gasteiger partial charge in [0.05, 0.1) is 12.7 Å². The van der Waals surface area contributed by atoms with Gasteiger partial charge in [-0.25, -0.2) is 4.79 Å². The van der Waals surface area contributed by atoms with E-state index in [1.165, 1.54) is 6.92 Å². The zero-order valence-corrected chi connectivity index (χ0v) is 14.1. The summed E-state index contributed by atoms with van der Waals surface area (Å²) in [5.74, 6) is -0.0518. The molecule has 0 radical (unpaired) electrons. The highest BCUT2D eigenvalue weighted by Crippen LogP contribution is 2.29. The Morgan fingerprint density at radius 1 is 1.32 bits per heavy atom. The molecule has 22 heavy (non-hydrogen) atoms. The number of thioether (sulfide) groups is 1. The zero-order valence-electron chi connectivity index (χ0n) is 13.3. The van der Waals surface area contributed by atoms with E-state index in [9.17, 15) is 19.8 Å². The largest absolute Gasteiger partial charge is 0.461 e. The molecule has 0 saturated heterocycles. The van der Waals surface area contributed by atoms with Crippen molar-refractivity contribution in [2.24, 2.45) is 0 Å². The second kappa shape index (κ2) is 8.36. The van der Waals surface area contributed by atoms with Crippen molar-refractivity contribution in [3.8, 4) is 0 Å². The topological polar surface area (TPSA) is 99.6 Å². The van der Waals surface area contributed by atoms with Gasteiger partial charge < -0.3 is 19.9 Å². The summed E-state index contributed by atoms with van der Waals surface area (Å²) in [7, 11) is 0. The fraction of sp³-hybridized carbons (Fsp3) is 0.600. The van der Waals surface area contributed by atoms with Crippen LogP contribution in [-0.2, 0) is 9.53 Å². The number of H-pyrrole nitrogens is 1. The molecule has 0 aliphatic heterocycles. The number of nitrogens with one attached hydrogen (secondary N) is 1. The molecule has 0 aliphatic rings. The lowest BCUT2D eigenvalue weighted by atomic mass is 9.99. The molecule has 124 valence electrons. The van der Waals surface area contributed by atoms with E-state index >= 15 is 0 Å². The minimum Gasteiger partial charge on any atom is -0.461 e. The van der Waals surface area contributed by atoms with Gasteiger partial charge in [0, 0.05) is 23.9 Å². The molecule has 2 atom stereocenters. The van der Waals surface area contributed by atoms with Crippen molar-refractivity contribution in [2.75, 3.05) is 12.4 Å². The van der Waals surface area contributed by atoms with Crippen LogP contribution in [-0.4, -0.2) is 44.7 Å². The van der Waals surface area contributed by atoms with Crippen molar-refractivity contribution in [1.82, 2.24) is 4.98 Å². The van der Waals surface area contributed by atoms with E-state index in [0.717, 1.165) is 11.8 Å². The molecular formula is C15H23NO5S. The van der Waals surface area contributed by atoms with Crippen LogP contribution in [0.3, 0.4) is 0 Å². The molecule has 0 fully saturated rings. The Morgan fingerprint density at radius 2 is 1.95 bits per heavy atom. The Labute approximate surface area is 134 Å². The Hall–Kier alpha value is -1.31. The number of aromatic nitrogens is 1.